The summed E-state index contributed by atoms with van der Waals surface area (Å²) in [6.45, 7) is 6.60. The molecular weight excluding hydrogens is 394 g/mol. The SMILES string of the molecule is CCCOC(=O)c1cccc(Nc2ncnc3scc(-c4ccc(C)cc4C)c23)c1. The highest BCUT2D eigenvalue weighted by molar-refractivity contribution is 7.17. The van der Waals surface area contributed by atoms with Crippen LogP contribution < -0.4 is 5.32 Å². The van der Waals surface area contributed by atoms with Crippen molar-refractivity contribution < 1.29 is 9.53 Å². The van der Waals surface area contributed by atoms with Crippen LogP contribution in [0.5, 0.6) is 0 Å². The second kappa shape index (κ2) is 8.63. The smallest absolute Gasteiger partial charge is 0.338 e. The van der Waals surface area contributed by atoms with Gasteiger partial charge in [-0.15, -0.1) is 11.3 Å². The summed E-state index contributed by atoms with van der Waals surface area (Å²) in [4.78, 5) is 22.1. The number of nitrogens with zero attached hydrogens (tertiary/aromatic N) is 2. The topological polar surface area (TPSA) is 64.1 Å². The third kappa shape index (κ3) is 4.04. The Labute approximate surface area is 179 Å². The van der Waals surface area contributed by atoms with E-state index in [0.717, 1.165) is 33.7 Å². The molecule has 0 aliphatic rings. The number of thiophene rings is 1. The van der Waals surface area contributed by atoms with Crippen molar-refractivity contribution in [3.8, 4) is 11.1 Å². The first-order valence-corrected chi connectivity index (χ1v) is 10.8. The van der Waals surface area contributed by atoms with Crippen LogP contribution in [0.1, 0.15) is 34.8 Å². The van der Waals surface area contributed by atoms with Crippen molar-refractivity contribution in [1.29, 1.82) is 0 Å². The molecule has 0 amide bonds. The molecule has 30 heavy (non-hydrogen) atoms. The number of aromatic nitrogens is 2. The molecule has 4 rings (SSSR count). The first kappa shape index (κ1) is 20.0. The summed E-state index contributed by atoms with van der Waals surface area (Å²) in [5.41, 5.74) is 6.01. The van der Waals surface area contributed by atoms with Gasteiger partial charge in [0.25, 0.3) is 0 Å². The van der Waals surface area contributed by atoms with Gasteiger partial charge in [-0.2, -0.15) is 0 Å². The van der Waals surface area contributed by atoms with E-state index in [9.17, 15) is 4.79 Å². The summed E-state index contributed by atoms with van der Waals surface area (Å²) < 4.78 is 5.25. The second-order valence-electron chi connectivity index (χ2n) is 7.21. The lowest BCUT2D eigenvalue weighted by Crippen LogP contribution is -2.06. The van der Waals surface area contributed by atoms with Crippen molar-refractivity contribution >= 4 is 39.0 Å². The van der Waals surface area contributed by atoms with Gasteiger partial charge >= 0.3 is 5.97 Å². The lowest BCUT2D eigenvalue weighted by Gasteiger charge is -2.11. The fraction of sp³-hybridized carbons (Fsp3) is 0.208. The summed E-state index contributed by atoms with van der Waals surface area (Å²) in [6, 6.07) is 13.7. The Hall–Kier alpha value is -3.25. The predicted molar refractivity (Wildman–Crippen MR) is 123 cm³/mol. The van der Waals surface area contributed by atoms with Crippen LogP contribution in [-0.2, 0) is 4.74 Å². The first-order valence-electron chi connectivity index (χ1n) is 9.91. The molecule has 152 valence electrons. The average Bonchev–Trinajstić information content (AvgIpc) is 3.17. The third-order valence-corrected chi connectivity index (χ3v) is 5.73. The van der Waals surface area contributed by atoms with Gasteiger partial charge in [0.05, 0.1) is 17.6 Å². The van der Waals surface area contributed by atoms with Gasteiger partial charge in [0.1, 0.15) is 17.0 Å². The monoisotopic (exact) mass is 417 g/mol. The van der Waals surface area contributed by atoms with Crippen LogP contribution in [0.2, 0.25) is 0 Å². The summed E-state index contributed by atoms with van der Waals surface area (Å²) in [5.74, 6) is 0.398. The van der Waals surface area contributed by atoms with Crippen molar-refractivity contribution in [2.75, 3.05) is 11.9 Å². The maximum absolute atomic E-state index is 12.2. The molecule has 0 bridgehead atoms. The number of fused-ring (bicyclic) bond motifs is 1. The molecule has 4 aromatic rings. The van der Waals surface area contributed by atoms with E-state index >= 15 is 0 Å². The number of esters is 1. The van der Waals surface area contributed by atoms with E-state index in [1.807, 2.05) is 19.1 Å². The number of carbonyl (C=O) groups excluding carboxylic acids is 1. The third-order valence-electron chi connectivity index (χ3n) is 4.84. The molecule has 0 spiro atoms. The maximum atomic E-state index is 12.2. The Morgan fingerprint density at radius 3 is 2.77 bits per heavy atom. The zero-order chi connectivity index (χ0) is 21.1. The van der Waals surface area contributed by atoms with E-state index in [2.05, 4.69) is 52.7 Å². The predicted octanol–water partition coefficient (Wildman–Crippen LogP) is 6.29. The first-order chi connectivity index (χ1) is 14.6. The number of carbonyl (C=O) groups is 1. The molecule has 0 aliphatic heterocycles. The minimum Gasteiger partial charge on any atom is -0.462 e. The molecule has 0 saturated carbocycles. The quantitative estimate of drug-likeness (QED) is 0.374. The Balaban J connectivity index is 1.72. The summed E-state index contributed by atoms with van der Waals surface area (Å²) >= 11 is 1.60. The molecule has 0 atom stereocenters. The number of nitrogens with one attached hydrogen (secondary N) is 1. The number of hydrogen-bond donors (Lipinski definition) is 1. The van der Waals surface area contributed by atoms with E-state index in [1.165, 1.54) is 16.7 Å². The standard InChI is InChI=1S/C24H23N3O2S/c1-4-10-29-24(28)17-6-5-7-18(12-17)27-22-21-20(13-30-23(21)26-14-25-22)19-9-8-15(2)11-16(19)3/h5-9,11-14H,4,10H2,1-3H3,(H,25,26,27). The minimum absolute atomic E-state index is 0.320. The normalized spacial score (nSPS) is 10.9. The van der Waals surface area contributed by atoms with E-state index in [4.69, 9.17) is 4.74 Å². The lowest BCUT2D eigenvalue weighted by molar-refractivity contribution is 0.0505. The number of rotatable bonds is 6. The Morgan fingerprint density at radius 2 is 1.97 bits per heavy atom. The molecule has 2 aromatic heterocycles. The summed E-state index contributed by atoms with van der Waals surface area (Å²) in [7, 11) is 0. The van der Waals surface area contributed by atoms with Gasteiger partial charge in [-0.3, -0.25) is 0 Å². The van der Waals surface area contributed by atoms with Crippen molar-refractivity contribution in [2.45, 2.75) is 27.2 Å². The van der Waals surface area contributed by atoms with Crippen LogP contribution in [0.3, 0.4) is 0 Å². The van der Waals surface area contributed by atoms with Gasteiger partial charge in [-0.1, -0.05) is 36.8 Å². The van der Waals surface area contributed by atoms with E-state index in [1.54, 1.807) is 29.8 Å². The largest absolute Gasteiger partial charge is 0.462 e. The highest BCUT2D eigenvalue weighted by Crippen LogP contribution is 2.38. The van der Waals surface area contributed by atoms with Crippen molar-refractivity contribution in [1.82, 2.24) is 9.97 Å². The van der Waals surface area contributed by atoms with Crippen LogP contribution >= 0.6 is 11.3 Å². The molecule has 1 N–H and O–H groups in total. The van der Waals surface area contributed by atoms with Crippen LogP contribution in [0, 0.1) is 13.8 Å². The zero-order valence-corrected chi connectivity index (χ0v) is 18.0. The van der Waals surface area contributed by atoms with Crippen LogP contribution in [0.4, 0.5) is 11.5 Å². The number of benzene rings is 2. The van der Waals surface area contributed by atoms with Crippen LogP contribution in [0.25, 0.3) is 21.3 Å². The van der Waals surface area contributed by atoms with E-state index in [-0.39, 0.29) is 5.97 Å². The van der Waals surface area contributed by atoms with Crippen molar-refractivity contribution in [3.63, 3.8) is 0 Å². The van der Waals surface area contributed by atoms with Gasteiger partial charge < -0.3 is 10.1 Å². The van der Waals surface area contributed by atoms with Crippen LogP contribution in [-0.4, -0.2) is 22.5 Å². The molecule has 2 aromatic carbocycles. The molecular formula is C24H23N3O2S. The highest BCUT2D eigenvalue weighted by atomic mass is 32.1. The number of ether oxygens (including phenoxy) is 1. The fourth-order valence-electron chi connectivity index (χ4n) is 3.42. The lowest BCUT2D eigenvalue weighted by atomic mass is 9.99. The van der Waals surface area contributed by atoms with Gasteiger partial charge in [-0.05, 0) is 49.6 Å². The molecule has 0 saturated heterocycles. The Morgan fingerprint density at radius 1 is 1.10 bits per heavy atom. The summed E-state index contributed by atoms with van der Waals surface area (Å²) in [5, 5.41) is 6.48. The fourth-order valence-corrected chi connectivity index (χ4v) is 4.33. The Bertz CT molecular complexity index is 1220. The molecule has 0 fully saturated rings. The van der Waals surface area contributed by atoms with Gasteiger partial charge in [0.2, 0.25) is 0 Å². The van der Waals surface area contributed by atoms with Gasteiger partial charge in [0, 0.05) is 16.6 Å². The number of aryl methyl sites for hydroxylation is 2. The van der Waals surface area contributed by atoms with Crippen molar-refractivity contribution in [2.24, 2.45) is 0 Å². The summed E-state index contributed by atoms with van der Waals surface area (Å²) in [6.07, 6.45) is 2.36. The maximum Gasteiger partial charge on any atom is 0.338 e. The molecule has 0 radical (unpaired) electrons. The second-order valence-corrected chi connectivity index (χ2v) is 8.07. The van der Waals surface area contributed by atoms with Crippen molar-refractivity contribution in [3.05, 3.63) is 70.9 Å². The Kier molecular flexibility index (Phi) is 5.77. The average molecular weight is 418 g/mol. The molecule has 2 heterocycles. The van der Waals surface area contributed by atoms with Gasteiger partial charge in [-0.25, -0.2) is 14.8 Å². The van der Waals surface area contributed by atoms with Gasteiger partial charge in [0.15, 0.2) is 0 Å². The number of anilines is 2. The minimum atomic E-state index is -0.320. The zero-order valence-electron chi connectivity index (χ0n) is 17.2. The van der Waals surface area contributed by atoms with Crippen LogP contribution in [0.15, 0.2) is 54.2 Å². The molecule has 0 unspecified atom stereocenters. The molecule has 5 nitrogen and oxygen atoms in total. The number of hydrogen-bond acceptors (Lipinski definition) is 6. The van der Waals surface area contributed by atoms with E-state index in [0.29, 0.717) is 12.2 Å². The highest BCUT2D eigenvalue weighted by Gasteiger charge is 2.15. The van der Waals surface area contributed by atoms with E-state index < -0.39 is 0 Å². The molecule has 6 heteroatoms. The molecule has 0 aliphatic carbocycles.